The van der Waals surface area contributed by atoms with Gasteiger partial charge in [0.1, 0.15) is 5.82 Å². The van der Waals surface area contributed by atoms with Crippen LogP contribution >= 0.6 is 22.6 Å². The van der Waals surface area contributed by atoms with Gasteiger partial charge in [-0.2, -0.15) is 4.98 Å². The van der Waals surface area contributed by atoms with Crippen LogP contribution in [-0.2, 0) is 0 Å². The maximum atomic E-state index is 13.5. The van der Waals surface area contributed by atoms with Crippen LogP contribution in [-0.4, -0.2) is 9.97 Å². The Hall–Kier alpha value is -1.55. The first-order valence-electron chi connectivity index (χ1n) is 4.81. The molecule has 1 aromatic heterocycles. The molecule has 0 amide bonds. The van der Waals surface area contributed by atoms with Crippen molar-refractivity contribution in [3.05, 3.63) is 39.6 Å². The van der Waals surface area contributed by atoms with Crippen LogP contribution < -0.4 is 16.6 Å². The Balaban J connectivity index is 2.33. The number of nitrogen functional groups attached to an aromatic ring is 1. The van der Waals surface area contributed by atoms with E-state index in [0.29, 0.717) is 9.26 Å². The molecule has 0 atom stereocenters. The average molecular weight is 363 g/mol. The normalized spacial score (nSPS) is 10.2. The summed E-state index contributed by atoms with van der Waals surface area (Å²) in [4.78, 5) is 7.43. The zero-order valence-corrected chi connectivity index (χ0v) is 11.1. The molecule has 4 N–H and O–H groups in total. The first-order chi connectivity index (χ1) is 8.60. The van der Waals surface area contributed by atoms with Crippen LogP contribution in [0, 0.1) is 15.2 Å². The van der Waals surface area contributed by atoms with Gasteiger partial charge in [0.05, 0.1) is 11.9 Å². The molecular weight excluding hydrogens is 355 g/mol. The minimum absolute atomic E-state index is 0.0394. The summed E-state index contributed by atoms with van der Waals surface area (Å²) in [5, 5.41) is 2.75. The molecule has 0 aliphatic heterocycles. The Morgan fingerprint density at radius 2 is 2.06 bits per heavy atom. The third-order valence-electron chi connectivity index (χ3n) is 2.06. The van der Waals surface area contributed by atoms with Gasteiger partial charge in [-0.05, 0) is 40.8 Å². The molecule has 0 bridgehead atoms. The van der Waals surface area contributed by atoms with Gasteiger partial charge in [0, 0.05) is 3.57 Å². The highest BCUT2D eigenvalue weighted by molar-refractivity contribution is 14.1. The lowest BCUT2D eigenvalue weighted by molar-refractivity contribution is 0.619. The molecule has 0 saturated heterocycles. The van der Waals surface area contributed by atoms with Crippen LogP contribution in [0.1, 0.15) is 0 Å². The van der Waals surface area contributed by atoms with Crippen molar-refractivity contribution in [3.8, 4) is 0 Å². The Bertz CT molecular complexity index is 578. The lowest BCUT2D eigenvalue weighted by Gasteiger charge is -2.09. The maximum Gasteiger partial charge on any atom is 0.239 e. The van der Waals surface area contributed by atoms with Crippen LogP contribution in [0.25, 0.3) is 0 Å². The van der Waals surface area contributed by atoms with Crippen LogP contribution in [0.2, 0.25) is 0 Å². The number of nitrogens with two attached hydrogens (primary N) is 1. The Kier molecular flexibility index (Phi) is 3.87. The Morgan fingerprint density at radius 3 is 2.72 bits per heavy atom. The summed E-state index contributed by atoms with van der Waals surface area (Å²) in [5.74, 6) is 4.18. The van der Waals surface area contributed by atoms with E-state index < -0.39 is 5.82 Å². The highest BCUT2D eigenvalue weighted by Crippen LogP contribution is 2.24. The third kappa shape index (κ3) is 2.82. The SMILES string of the molecule is NNc1ncc(F)c(Nc2ccc(F)cc2I)n1. The van der Waals surface area contributed by atoms with Gasteiger partial charge in [-0.15, -0.1) is 0 Å². The zero-order chi connectivity index (χ0) is 13.1. The summed E-state index contributed by atoms with van der Waals surface area (Å²) in [6.07, 6.45) is 0.987. The minimum Gasteiger partial charge on any atom is -0.337 e. The van der Waals surface area contributed by atoms with Crippen molar-refractivity contribution in [2.75, 3.05) is 10.7 Å². The second kappa shape index (κ2) is 5.40. The molecule has 1 aromatic carbocycles. The third-order valence-corrected chi connectivity index (χ3v) is 2.95. The Labute approximate surface area is 115 Å². The summed E-state index contributed by atoms with van der Waals surface area (Å²) < 4.78 is 27.0. The molecule has 1 heterocycles. The lowest BCUT2D eigenvalue weighted by Crippen LogP contribution is -2.12. The largest absolute Gasteiger partial charge is 0.337 e. The molecule has 0 aliphatic rings. The van der Waals surface area contributed by atoms with E-state index in [9.17, 15) is 8.78 Å². The number of rotatable bonds is 3. The quantitative estimate of drug-likeness (QED) is 0.444. The van der Waals surface area contributed by atoms with E-state index in [-0.39, 0.29) is 17.6 Å². The van der Waals surface area contributed by atoms with E-state index in [1.165, 1.54) is 18.2 Å². The van der Waals surface area contributed by atoms with Crippen molar-refractivity contribution in [1.29, 1.82) is 0 Å². The van der Waals surface area contributed by atoms with Gasteiger partial charge in [-0.25, -0.2) is 19.6 Å². The molecule has 2 aromatic rings. The van der Waals surface area contributed by atoms with E-state index in [0.717, 1.165) is 6.20 Å². The Morgan fingerprint density at radius 1 is 1.28 bits per heavy atom. The zero-order valence-electron chi connectivity index (χ0n) is 8.92. The second-order valence-electron chi connectivity index (χ2n) is 3.28. The summed E-state index contributed by atoms with van der Waals surface area (Å²) >= 11 is 1.93. The van der Waals surface area contributed by atoms with Gasteiger partial charge in [0.25, 0.3) is 0 Å². The number of anilines is 3. The van der Waals surface area contributed by atoms with Crippen molar-refractivity contribution >= 4 is 40.0 Å². The van der Waals surface area contributed by atoms with E-state index in [1.807, 2.05) is 22.6 Å². The number of nitrogens with one attached hydrogen (secondary N) is 2. The van der Waals surface area contributed by atoms with Gasteiger partial charge in [0.15, 0.2) is 11.6 Å². The van der Waals surface area contributed by atoms with Crippen molar-refractivity contribution < 1.29 is 8.78 Å². The molecule has 0 unspecified atom stereocenters. The van der Waals surface area contributed by atoms with Gasteiger partial charge in [-0.1, -0.05) is 0 Å². The topological polar surface area (TPSA) is 75.9 Å². The van der Waals surface area contributed by atoms with E-state index in [1.54, 1.807) is 0 Å². The van der Waals surface area contributed by atoms with Crippen molar-refractivity contribution in [1.82, 2.24) is 9.97 Å². The van der Waals surface area contributed by atoms with Gasteiger partial charge in [0.2, 0.25) is 5.95 Å². The highest BCUT2D eigenvalue weighted by Gasteiger charge is 2.09. The first-order valence-corrected chi connectivity index (χ1v) is 5.89. The second-order valence-corrected chi connectivity index (χ2v) is 4.45. The molecule has 0 saturated carbocycles. The average Bonchev–Trinajstić information content (AvgIpc) is 2.35. The molecule has 2 rings (SSSR count). The standard InChI is InChI=1S/C10H8F2IN5/c11-5-1-2-8(7(13)3-5)16-9-6(12)4-15-10(17-9)18-14/h1-4H,14H2,(H2,15,16,17,18). The van der Waals surface area contributed by atoms with Crippen LogP contribution in [0.3, 0.4) is 0 Å². The molecular formula is C10H8F2IN5. The highest BCUT2D eigenvalue weighted by atomic mass is 127. The molecule has 0 aliphatic carbocycles. The number of hydrazine groups is 1. The fourth-order valence-electron chi connectivity index (χ4n) is 1.24. The predicted molar refractivity (Wildman–Crippen MR) is 72.2 cm³/mol. The van der Waals surface area contributed by atoms with Crippen LogP contribution in [0.4, 0.5) is 26.2 Å². The fourth-order valence-corrected chi connectivity index (χ4v) is 1.85. The maximum absolute atomic E-state index is 13.5. The number of halogens is 3. The molecule has 18 heavy (non-hydrogen) atoms. The van der Waals surface area contributed by atoms with Crippen molar-refractivity contribution in [2.24, 2.45) is 5.84 Å². The minimum atomic E-state index is -0.630. The summed E-state index contributed by atoms with van der Waals surface area (Å²) in [6.45, 7) is 0. The summed E-state index contributed by atoms with van der Waals surface area (Å²) in [6, 6.07) is 4.09. The summed E-state index contributed by atoms with van der Waals surface area (Å²) in [7, 11) is 0. The van der Waals surface area contributed by atoms with E-state index in [2.05, 4.69) is 20.7 Å². The van der Waals surface area contributed by atoms with Crippen LogP contribution in [0.15, 0.2) is 24.4 Å². The number of hydrogen-bond acceptors (Lipinski definition) is 5. The smallest absolute Gasteiger partial charge is 0.239 e. The van der Waals surface area contributed by atoms with Gasteiger partial charge < -0.3 is 5.32 Å². The molecule has 94 valence electrons. The molecule has 0 radical (unpaired) electrons. The molecule has 0 fully saturated rings. The van der Waals surface area contributed by atoms with Gasteiger partial charge in [-0.3, -0.25) is 5.43 Å². The first kappa shape index (κ1) is 12.9. The van der Waals surface area contributed by atoms with Crippen molar-refractivity contribution in [3.63, 3.8) is 0 Å². The molecule has 0 spiro atoms. The van der Waals surface area contributed by atoms with E-state index in [4.69, 9.17) is 5.84 Å². The summed E-state index contributed by atoms with van der Waals surface area (Å²) in [5.41, 5.74) is 2.75. The fraction of sp³-hybridized carbons (Fsp3) is 0. The number of hydrogen-bond donors (Lipinski definition) is 3. The monoisotopic (exact) mass is 363 g/mol. The van der Waals surface area contributed by atoms with E-state index >= 15 is 0 Å². The van der Waals surface area contributed by atoms with Gasteiger partial charge >= 0.3 is 0 Å². The number of benzene rings is 1. The van der Waals surface area contributed by atoms with Crippen LogP contribution in [0.5, 0.6) is 0 Å². The number of nitrogens with zero attached hydrogens (tertiary/aromatic N) is 2. The van der Waals surface area contributed by atoms with Crippen molar-refractivity contribution in [2.45, 2.75) is 0 Å². The molecule has 5 nitrogen and oxygen atoms in total. The lowest BCUT2D eigenvalue weighted by atomic mass is 10.3. The predicted octanol–water partition coefficient (Wildman–Crippen LogP) is 2.39. The molecule has 8 heteroatoms. The number of aromatic nitrogens is 2.